The van der Waals surface area contributed by atoms with Crippen molar-refractivity contribution < 1.29 is 19.1 Å². The summed E-state index contributed by atoms with van der Waals surface area (Å²) in [7, 11) is 1.53. The third kappa shape index (κ3) is 4.17. The van der Waals surface area contributed by atoms with E-state index >= 15 is 0 Å². The van der Waals surface area contributed by atoms with E-state index in [2.05, 4.69) is 5.32 Å². The number of rotatable bonds is 3. The minimum Gasteiger partial charge on any atom is -0.372 e. The molecule has 2 heterocycles. The van der Waals surface area contributed by atoms with Crippen LogP contribution in [-0.2, 0) is 19.1 Å². The lowest BCUT2D eigenvalue weighted by Gasteiger charge is -2.27. The quantitative estimate of drug-likeness (QED) is 0.752. The van der Waals surface area contributed by atoms with Crippen molar-refractivity contribution in [1.82, 2.24) is 15.1 Å². The monoisotopic (exact) mass is 297 g/mol. The zero-order valence-electron chi connectivity index (χ0n) is 12.5. The molecule has 21 heavy (non-hydrogen) atoms. The van der Waals surface area contributed by atoms with Crippen LogP contribution in [0.15, 0.2) is 0 Å². The molecule has 0 aliphatic carbocycles. The number of hydrogen-bond donors (Lipinski definition) is 1. The van der Waals surface area contributed by atoms with Crippen molar-refractivity contribution in [2.75, 3.05) is 39.8 Å². The molecule has 7 heteroatoms. The zero-order chi connectivity index (χ0) is 15.2. The summed E-state index contributed by atoms with van der Waals surface area (Å²) in [6.45, 7) is 2.06. The predicted octanol–water partition coefficient (Wildman–Crippen LogP) is -0.638. The van der Waals surface area contributed by atoms with Crippen molar-refractivity contribution in [1.29, 1.82) is 0 Å². The van der Waals surface area contributed by atoms with Gasteiger partial charge in [0.25, 0.3) is 5.91 Å². The topological polar surface area (TPSA) is 79.0 Å². The maximum absolute atomic E-state index is 12.3. The van der Waals surface area contributed by atoms with Gasteiger partial charge in [-0.15, -0.1) is 0 Å². The summed E-state index contributed by atoms with van der Waals surface area (Å²) in [5.41, 5.74) is 0. The lowest BCUT2D eigenvalue weighted by Crippen LogP contribution is -2.46. The van der Waals surface area contributed by atoms with Crippen molar-refractivity contribution >= 4 is 17.7 Å². The predicted molar refractivity (Wildman–Crippen MR) is 75.4 cm³/mol. The molecule has 118 valence electrons. The Kier molecular flexibility index (Phi) is 5.55. The van der Waals surface area contributed by atoms with E-state index in [1.807, 2.05) is 0 Å². The molecule has 2 rings (SSSR count). The first-order chi connectivity index (χ1) is 10.1. The molecule has 0 aromatic carbocycles. The van der Waals surface area contributed by atoms with Gasteiger partial charge in [-0.05, 0) is 19.3 Å². The molecule has 0 saturated carbocycles. The molecule has 0 spiro atoms. The number of carbonyl (C=O) groups is 3. The highest BCUT2D eigenvalue weighted by atomic mass is 16.5. The minimum atomic E-state index is -0.437. The maximum Gasteiger partial charge on any atom is 0.252 e. The van der Waals surface area contributed by atoms with E-state index in [4.69, 9.17) is 4.74 Å². The normalized spacial score (nSPS) is 24.3. The molecule has 2 saturated heterocycles. The largest absolute Gasteiger partial charge is 0.372 e. The van der Waals surface area contributed by atoms with Crippen LogP contribution in [0.2, 0.25) is 0 Å². The number of methoxy groups -OCH3 is 1. The van der Waals surface area contributed by atoms with Gasteiger partial charge in [0, 0.05) is 39.7 Å². The molecule has 1 N–H and O–H groups in total. The first-order valence-corrected chi connectivity index (χ1v) is 7.48. The maximum atomic E-state index is 12.3. The van der Waals surface area contributed by atoms with Crippen molar-refractivity contribution in [3.63, 3.8) is 0 Å². The second-order valence-electron chi connectivity index (χ2n) is 5.46. The number of nitrogens with one attached hydrogen (secondary N) is 1. The van der Waals surface area contributed by atoms with E-state index in [9.17, 15) is 14.4 Å². The number of hydrogen-bond acceptors (Lipinski definition) is 4. The highest BCUT2D eigenvalue weighted by molar-refractivity contribution is 5.87. The highest BCUT2D eigenvalue weighted by Gasteiger charge is 2.29. The molecule has 1 unspecified atom stereocenters. The van der Waals surface area contributed by atoms with Gasteiger partial charge in [0.1, 0.15) is 6.10 Å². The van der Waals surface area contributed by atoms with Gasteiger partial charge in [0.05, 0.1) is 6.54 Å². The smallest absolute Gasteiger partial charge is 0.252 e. The van der Waals surface area contributed by atoms with Gasteiger partial charge < -0.3 is 19.9 Å². The van der Waals surface area contributed by atoms with E-state index in [-0.39, 0.29) is 24.3 Å². The molecular weight excluding hydrogens is 274 g/mol. The molecule has 0 aromatic heterocycles. The Bertz CT molecular complexity index is 413. The van der Waals surface area contributed by atoms with Gasteiger partial charge in [-0.3, -0.25) is 14.4 Å². The molecule has 0 bridgehead atoms. The fraction of sp³-hybridized carbons (Fsp3) is 0.786. The van der Waals surface area contributed by atoms with Crippen LogP contribution in [0.4, 0.5) is 0 Å². The molecule has 1 atom stereocenters. The van der Waals surface area contributed by atoms with Gasteiger partial charge in [-0.2, -0.15) is 0 Å². The zero-order valence-corrected chi connectivity index (χ0v) is 12.5. The molecule has 2 aliphatic heterocycles. The van der Waals surface area contributed by atoms with E-state index in [0.717, 1.165) is 12.8 Å². The SMILES string of the molecule is COC1CCCCN(CC(=O)N2CCNC(=O)CC2)C1=O. The number of nitrogens with zero attached hydrogens (tertiary/aromatic N) is 2. The van der Waals surface area contributed by atoms with Crippen LogP contribution in [0.5, 0.6) is 0 Å². The summed E-state index contributed by atoms with van der Waals surface area (Å²) in [4.78, 5) is 39.1. The van der Waals surface area contributed by atoms with Crippen LogP contribution < -0.4 is 5.32 Å². The Morgan fingerprint density at radius 2 is 2.10 bits per heavy atom. The first kappa shape index (κ1) is 15.8. The van der Waals surface area contributed by atoms with Crippen LogP contribution in [-0.4, -0.2) is 73.5 Å². The van der Waals surface area contributed by atoms with Crippen LogP contribution in [0.3, 0.4) is 0 Å². The van der Waals surface area contributed by atoms with Crippen molar-refractivity contribution in [3.8, 4) is 0 Å². The van der Waals surface area contributed by atoms with Crippen molar-refractivity contribution in [2.24, 2.45) is 0 Å². The Morgan fingerprint density at radius 3 is 2.86 bits per heavy atom. The second-order valence-corrected chi connectivity index (χ2v) is 5.46. The Hall–Kier alpha value is -1.63. The van der Waals surface area contributed by atoms with Crippen molar-refractivity contribution in [2.45, 2.75) is 31.8 Å². The van der Waals surface area contributed by atoms with Crippen LogP contribution >= 0.6 is 0 Å². The number of ether oxygens (including phenoxy) is 1. The molecule has 2 aliphatic rings. The van der Waals surface area contributed by atoms with Gasteiger partial charge in [-0.1, -0.05) is 0 Å². The summed E-state index contributed by atoms with van der Waals surface area (Å²) in [6, 6.07) is 0. The summed E-state index contributed by atoms with van der Waals surface area (Å²) in [6.07, 6.45) is 2.41. The Labute approximate surface area is 124 Å². The fourth-order valence-electron chi connectivity index (χ4n) is 2.72. The summed E-state index contributed by atoms with van der Waals surface area (Å²) in [5.74, 6) is -0.237. The van der Waals surface area contributed by atoms with Crippen LogP contribution in [0, 0.1) is 0 Å². The molecule has 7 nitrogen and oxygen atoms in total. The minimum absolute atomic E-state index is 0.0319. The third-order valence-electron chi connectivity index (χ3n) is 4.01. The molecule has 0 radical (unpaired) electrons. The van der Waals surface area contributed by atoms with E-state index in [0.29, 0.717) is 39.0 Å². The lowest BCUT2D eigenvalue weighted by atomic mass is 10.2. The third-order valence-corrected chi connectivity index (χ3v) is 4.01. The average molecular weight is 297 g/mol. The molecule has 0 aromatic rings. The highest BCUT2D eigenvalue weighted by Crippen LogP contribution is 2.14. The number of carbonyl (C=O) groups excluding carboxylic acids is 3. The van der Waals surface area contributed by atoms with Gasteiger partial charge >= 0.3 is 0 Å². The van der Waals surface area contributed by atoms with E-state index in [1.165, 1.54) is 7.11 Å². The van der Waals surface area contributed by atoms with Gasteiger partial charge in [-0.25, -0.2) is 0 Å². The number of likely N-dealkylation sites (tertiary alicyclic amines) is 1. The lowest BCUT2D eigenvalue weighted by molar-refractivity contribution is -0.146. The van der Waals surface area contributed by atoms with Crippen molar-refractivity contribution in [3.05, 3.63) is 0 Å². The molecular formula is C14H23N3O4. The van der Waals surface area contributed by atoms with E-state index in [1.54, 1.807) is 9.80 Å². The summed E-state index contributed by atoms with van der Waals surface area (Å²) >= 11 is 0. The average Bonchev–Trinajstić information content (AvgIpc) is 2.78. The second kappa shape index (κ2) is 7.40. The molecule has 2 fully saturated rings. The first-order valence-electron chi connectivity index (χ1n) is 7.48. The summed E-state index contributed by atoms with van der Waals surface area (Å²) in [5, 5.41) is 2.73. The fourth-order valence-corrected chi connectivity index (χ4v) is 2.72. The summed E-state index contributed by atoms with van der Waals surface area (Å²) < 4.78 is 5.20. The van der Waals surface area contributed by atoms with E-state index < -0.39 is 6.10 Å². The standard InChI is InChI=1S/C14H23N3O4/c1-21-11-4-2-3-7-17(14(11)20)10-13(19)16-8-5-12(18)15-6-9-16/h11H,2-10H2,1H3,(H,15,18). The number of amides is 3. The molecule has 3 amide bonds. The van der Waals surface area contributed by atoms with Gasteiger partial charge in [0.2, 0.25) is 11.8 Å². The van der Waals surface area contributed by atoms with Crippen LogP contribution in [0.25, 0.3) is 0 Å². The Morgan fingerprint density at radius 1 is 1.29 bits per heavy atom. The van der Waals surface area contributed by atoms with Crippen LogP contribution in [0.1, 0.15) is 25.7 Å². The Balaban J connectivity index is 1.93. The van der Waals surface area contributed by atoms with Gasteiger partial charge in [0.15, 0.2) is 0 Å².